The van der Waals surface area contributed by atoms with E-state index in [2.05, 4.69) is 4.72 Å². The molecule has 2 heterocycles. The lowest BCUT2D eigenvalue weighted by molar-refractivity contribution is -0.136. The Morgan fingerprint density at radius 2 is 1.97 bits per heavy atom. The molecular formula is C19H22N2O7S3. The van der Waals surface area contributed by atoms with Crippen LogP contribution >= 0.6 is 11.3 Å². The molecule has 0 bridgehead atoms. The average Bonchev–Trinajstić information content (AvgIpc) is 3.37. The standard InChI is InChI=1S/C19H22N2O7S3/c1-2-21(14-9-11-30(24,25)13-14)17(22)12-28-19(23)15-6-3-4-7-16(15)20-31(26,27)18-8-5-10-29-18/h3-8,10,14,20H,2,9,11-13H2,1H3. The van der Waals surface area contributed by atoms with Gasteiger partial charge < -0.3 is 9.64 Å². The number of sulfone groups is 1. The van der Waals surface area contributed by atoms with Gasteiger partial charge in [0.05, 0.1) is 22.8 Å². The number of rotatable bonds is 8. The van der Waals surface area contributed by atoms with Crippen LogP contribution in [0.25, 0.3) is 0 Å². The number of likely N-dealkylation sites (N-methyl/N-ethyl adjacent to an activating group) is 1. The van der Waals surface area contributed by atoms with E-state index in [9.17, 15) is 26.4 Å². The van der Waals surface area contributed by atoms with Crippen molar-refractivity contribution in [2.24, 2.45) is 0 Å². The summed E-state index contributed by atoms with van der Waals surface area (Å²) < 4.78 is 55.9. The zero-order valence-corrected chi connectivity index (χ0v) is 19.1. The third kappa shape index (κ3) is 5.63. The second-order valence-corrected chi connectivity index (χ2v) is 12.0. The quantitative estimate of drug-likeness (QED) is 0.563. The Kier molecular flexibility index (Phi) is 7.02. The van der Waals surface area contributed by atoms with Crippen LogP contribution in [0, 0.1) is 0 Å². The molecule has 0 aliphatic carbocycles. The molecule has 1 amide bonds. The van der Waals surface area contributed by atoms with Crippen molar-refractivity contribution in [1.82, 2.24) is 4.90 Å². The summed E-state index contributed by atoms with van der Waals surface area (Å²) in [6, 6.07) is 8.52. The molecule has 1 atom stereocenters. The smallest absolute Gasteiger partial charge is 0.340 e. The van der Waals surface area contributed by atoms with E-state index in [4.69, 9.17) is 4.74 Å². The largest absolute Gasteiger partial charge is 0.452 e. The number of sulfonamides is 1. The molecule has 2 aromatic rings. The first kappa shape index (κ1) is 23.2. The van der Waals surface area contributed by atoms with Crippen molar-refractivity contribution < 1.29 is 31.2 Å². The first-order valence-electron chi connectivity index (χ1n) is 9.45. The number of para-hydroxylation sites is 1. The fourth-order valence-corrected chi connectivity index (χ4v) is 7.11. The van der Waals surface area contributed by atoms with Gasteiger partial charge in [-0.25, -0.2) is 21.6 Å². The second kappa shape index (κ2) is 9.37. The van der Waals surface area contributed by atoms with Crippen molar-refractivity contribution in [2.45, 2.75) is 23.6 Å². The molecule has 1 aromatic heterocycles. The van der Waals surface area contributed by atoms with Crippen LogP contribution in [0.2, 0.25) is 0 Å². The van der Waals surface area contributed by atoms with Crippen LogP contribution in [0.15, 0.2) is 46.0 Å². The van der Waals surface area contributed by atoms with Gasteiger partial charge >= 0.3 is 5.97 Å². The number of carbonyl (C=O) groups excluding carboxylic acids is 2. The number of esters is 1. The van der Waals surface area contributed by atoms with Crippen molar-refractivity contribution >= 4 is 48.8 Å². The Hall–Kier alpha value is -2.44. The van der Waals surface area contributed by atoms with E-state index in [0.717, 1.165) is 11.3 Å². The maximum Gasteiger partial charge on any atom is 0.340 e. The lowest BCUT2D eigenvalue weighted by Gasteiger charge is -2.26. The molecule has 0 radical (unpaired) electrons. The number of anilines is 1. The van der Waals surface area contributed by atoms with Crippen molar-refractivity contribution in [2.75, 3.05) is 29.4 Å². The van der Waals surface area contributed by atoms with Gasteiger partial charge in [0.2, 0.25) is 0 Å². The molecule has 1 saturated heterocycles. The molecule has 12 heteroatoms. The van der Waals surface area contributed by atoms with Crippen molar-refractivity contribution in [3.05, 3.63) is 47.3 Å². The first-order chi connectivity index (χ1) is 14.6. The highest BCUT2D eigenvalue weighted by Crippen LogP contribution is 2.23. The Labute approximate surface area is 185 Å². The highest BCUT2D eigenvalue weighted by molar-refractivity contribution is 7.94. The van der Waals surface area contributed by atoms with E-state index in [-0.39, 0.29) is 33.5 Å². The summed E-state index contributed by atoms with van der Waals surface area (Å²) in [6.07, 6.45) is 0.350. The van der Waals surface area contributed by atoms with E-state index in [1.165, 1.54) is 23.1 Å². The number of benzene rings is 1. The number of nitrogens with one attached hydrogen (secondary N) is 1. The van der Waals surface area contributed by atoms with Crippen molar-refractivity contribution in [3.63, 3.8) is 0 Å². The lowest BCUT2D eigenvalue weighted by Crippen LogP contribution is -2.43. The average molecular weight is 487 g/mol. The third-order valence-corrected chi connectivity index (χ3v) is 9.30. The fraction of sp³-hybridized carbons (Fsp3) is 0.368. The maximum absolute atomic E-state index is 12.6. The Bertz CT molecular complexity index is 1160. The van der Waals surface area contributed by atoms with E-state index >= 15 is 0 Å². The molecule has 1 fully saturated rings. The molecule has 0 saturated carbocycles. The zero-order valence-electron chi connectivity index (χ0n) is 16.7. The number of carbonyl (C=O) groups is 2. The monoisotopic (exact) mass is 486 g/mol. The first-order valence-corrected chi connectivity index (χ1v) is 13.6. The minimum atomic E-state index is -3.87. The van der Waals surface area contributed by atoms with Crippen LogP contribution in [0.3, 0.4) is 0 Å². The summed E-state index contributed by atoms with van der Waals surface area (Å²) in [4.78, 5) is 26.5. The predicted molar refractivity (Wildman–Crippen MR) is 116 cm³/mol. The highest BCUT2D eigenvalue weighted by atomic mass is 32.2. The van der Waals surface area contributed by atoms with Crippen molar-refractivity contribution in [1.29, 1.82) is 0 Å². The van der Waals surface area contributed by atoms with Gasteiger partial charge in [0, 0.05) is 12.6 Å². The number of ether oxygens (including phenoxy) is 1. The fourth-order valence-electron chi connectivity index (χ4n) is 3.31. The molecule has 31 heavy (non-hydrogen) atoms. The van der Waals surface area contributed by atoms with E-state index < -0.39 is 44.4 Å². The molecule has 1 aliphatic rings. The van der Waals surface area contributed by atoms with E-state index in [1.54, 1.807) is 30.5 Å². The highest BCUT2D eigenvalue weighted by Gasteiger charge is 2.34. The summed E-state index contributed by atoms with van der Waals surface area (Å²) in [5.74, 6) is -1.45. The molecule has 0 spiro atoms. The topological polar surface area (TPSA) is 127 Å². The van der Waals surface area contributed by atoms with Gasteiger partial charge in [-0.2, -0.15) is 0 Å². The number of thiophene rings is 1. The van der Waals surface area contributed by atoms with Crippen LogP contribution in [0.4, 0.5) is 5.69 Å². The summed E-state index contributed by atoms with van der Waals surface area (Å²) >= 11 is 1.04. The van der Waals surface area contributed by atoms with Crippen LogP contribution in [0.5, 0.6) is 0 Å². The third-order valence-electron chi connectivity index (χ3n) is 4.79. The Balaban J connectivity index is 1.68. The maximum atomic E-state index is 12.6. The van der Waals surface area contributed by atoms with Gasteiger partial charge in [-0.05, 0) is 36.9 Å². The van der Waals surface area contributed by atoms with Gasteiger partial charge in [-0.3, -0.25) is 9.52 Å². The minimum absolute atomic E-state index is 0.0268. The number of amides is 1. The summed E-state index contributed by atoms with van der Waals surface area (Å²) in [7, 11) is -7.03. The molecule has 1 N–H and O–H groups in total. The summed E-state index contributed by atoms with van der Waals surface area (Å²) in [6.45, 7) is 1.43. The molecule has 1 unspecified atom stereocenters. The number of nitrogens with zero attached hydrogens (tertiary/aromatic N) is 1. The van der Waals surface area contributed by atoms with Gasteiger partial charge in [0.15, 0.2) is 16.4 Å². The number of hydrogen-bond donors (Lipinski definition) is 1. The minimum Gasteiger partial charge on any atom is -0.452 e. The second-order valence-electron chi connectivity index (χ2n) is 6.90. The molecule has 1 aromatic carbocycles. The zero-order chi connectivity index (χ0) is 22.6. The SMILES string of the molecule is CCN(C(=O)COC(=O)c1ccccc1NS(=O)(=O)c1cccs1)C1CCS(=O)(=O)C1. The molecule has 9 nitrogen and oxygen atoms in total. The molecule has 3 rings (SSSR count). The number of hydrogen-bond acceptors (Lipinski definition) is 8. The van der Waals surface area contributed by atoms with E-state index in [0.29, 0.717) is 6.42 Å². The van der Waals surface area contributed by atoms with Crippen LogP contribution in [0.1, 0.15) is 23.7 Å². The van der Waals surface area contributed by atoms with Gasteiger partial charge in [0.1, 0.15) is 4.21 Å². The molecular weight excluding hydrogens is 464 g/mol. The molecule has 168 valence electrons. The van der Waals surface area contributed by atoms with Gasteiger partial charge in [0.25, 0.3) is 15.9 Å². The normalized spacial score (nSPS) is 17.8. The Morgan fingerprint density at radius 3 is 2.58 bits per heavy atom. The predicted octanol–water partition coefficient (Wildman–Crippen LogP) is 1.74. The Morgan fingerprint density at radius 1 is 1.23 bits per heavy atom. The lowest BCUT2D eigenvalue weighted by atomic mass is 10.2. The summed E-state index contributed by atoms with van der Waals surface area (Å²) in [5.41, 5.74) is -0.00972. The van der Waals surface area contributed by atoms with E-state index in [1.807, 2.05) is 0 Å². The van der Waals surface area contributed by atoms with Crippen LogP contribution in [-0.2, 0) is 29.4 Å². The van der Waals surface area contributed by atoms with Gasteiger partial charge in [-0.15, -0.1) is 11.3 Å². The molecule has 1 aliphatic heterocycles. The van der Waals surface area contributed by atoms with Gasteiger partial charge in [-0.1, -0.05) is 18.2 Å². The van der Waals surface area contributed by atoms with Crippen molar-refractivity contribution in [3.8, 4) is 0 Å². The van der Waals surface area contributed by atoms with Crippen LogP contribution in [-0.4, -0.2) is 64.3 Å². The van der Waals surface area contributed by atoms with Crippen LogP contribution < -0.4 is 4.72 Å². The summed E-state index contributed by atoms with van der Waals surface area (Å²) in [5, 5.41) is 1.62.